The number of rotatable bonds is 6. The van der Waals surface area contributed by atoms with Gasteiger partial charge in [0.25, 0.3) is 0 Å². The number of carbonyl (C=O) groups excluding carboxylic acids is 3. The Hall–Kier alpha value is -2.86. The first-order valence-electron chi connectivity index (χ1n) is 10.5. The molecule has 1 aliphatic heterocycles. The molecule has 6 atom stereocenters. The van der Waals surface area contributed by atoms with E-state index in [9.17, 15) is 14.4 Å². The number of carbonyl (C=O) groups is 3. The summed E-state index contributed by atoms with van der Waals surface area (Å²) in [4.78, 5) is 37.5. The first-order valence-corrected chi connectivity index (χ1v) is 10.9. The van der Waals surface area contributed by atoms with Crippen LogP contribution >= 0.6 is 11.6 Å². The molecule has 2 aromatic rings. The number of halogens is 1. The number of benzene rings is 2. The number of hydrogen-bond donors (Lipinski definition) is 1. The van der Waals surface area contributed by atoms with Gasteiger partial charge in [0, 0.05) is 22.2 Å². The van der Waals surface area contributed by atoms with E-state index in [2.05, 4.69) is 5.32 Å². The molecule has 3 aliphatic rings. The van der Waals surface area contributed by atoms with E-state index >= 15 is 0 Å². The minimum atomic E-state index is -0.669. The van der Waals surface area contributed by atoms with Crippen LogP contribution in [0.5, 0.6) is 5.75 Å². The average Bonchev–Trinajstić information content (AvgIpc) is 3.38. The molecule has 7 heteroatoms. The average molecular weight is 440 g/mol. The van der Waals surface area contributed by atoms with Gasteiger partial charge in [-0.25, -0.2) is 0 Å². The Bertz CT molecular complexity index is 1030. The Labute approximate surface area is 184 Å². The first-order chi connectivity index (χ1) is 14.9. The van der Waals surface area contributed by atoms with Gasteiger partial charge >= 0.3 is 5.97 Å². The van der Waals surface area contributed by atoms with Crippen LogP contribution in [0.4, 0.5) is 5.69 Å². The lowest BCUT2D eigenvalue weighted by Gasteiger charge is -2.23. The lowest BCUT2D eigenvalue weighted by atomic mass is 9.79. The Morgan fingerprint density at radius 3 is 2.52 bits per heavy atom. The molecule has 0 radical (unpaired) electrons. The van der Waals surface area contributed by atoms with Gasteiger partial charge in [0.1, 0.15) is 11.9 Å². The Balaban J connectivity index is 1.20. The van der Waals surface area contributed by atoms with Crippen molar-refractivity contribution in [2.24, 2.45) is 23.7 Å². The van der Waals surface area contributed by atoms with Crippen molar-refractivity contribution in [3.8, 4) is 5.75 Å². The van der Waals surface area contributed by atoms with Gasteiger partial charge in [-0.15, -0.1) is 0 Å². The second kappa shape index (κ2) is 7.68. The van der Waals surface area contributed by atoms with E-state index in [1.54, 1.807) is 55.5 Å². The number of hydrogen-bond acceptors (Lipinski definition) is 5. The third-order valence-corrected chi connectivity index (χ3v) is 6.97. The van der Waals surface area contributed by atoms with Gasteiger partial charge in [-0.2, -0.15) is 0 Å². The SMILES string of the molecule is C[C@@H](Oc1ccc(NC(=O)[C@H]2[C@@H]3C[C@@H]4[C@@H]2C(=O)O[C@@H]4C3)cc1)C(=O)c1ccc(Cl)cc1. The highest BCUT2D eigenvalue weighted by Crippen LogP contribution is 2.57. The molecule has 0 unspecified atom stereocenters. The van der Waals surface area contributed by atoms with Crippen LogP contribution in [0.25, 0.3) is 0 Å². The summed E-state index contributed by atoms with van der Waals surface area (Å²) in [5, 5.41) is 3.49. The Kier molecular flexibility index (Phi) is 4.97. The van der Waals surface area contributed by atoms with Crippen molar-refractivity contribution >= 4 is 34.9 Å². The topological polar surface area (TPSA) is 81.7 Å². The monoisotopic (exact) mass is 439 g/mol. The van der Waals surface area contributed by atoms with Crippen LogP contribution in [-0.4, -0.2) is 29.9 Å². The zero-order valence-corrected chi connectivity index (χ0v) is 17.7. The van der Waals surface area contributed by atoms with Gasteiger partial charge in [0.05, 0.1) is 11.8 Å². The van der Waals surface area contributed by atoms with Crippen molar-refractivity contribution in [2.75, 3.05) is 5.32 Å². The third-order valence-electron chi connectivity index (χ3n) is 6.72. The molecule has 1 N–H and O–H groups in total. The smallest absolute Gasteiger partial charge is 0.310 e. The molecule has 1 heterocycles. The predicted molar refractivity (Wildman–Crippen MR) is 114 cm³/mol. The highest BCUT2D eigenvalue weighted by atomic mass is 35.5. The molecule has 0 spiro atoms. The predicted octanol–water partition coefficient (Wildman–Crippen LogP) is 4.13. The van der Waals surface area contributed by atoms with Crippen LogP contribution in [0, 0.1) is 23.7 Å². The normalized spacial score (nSPS) is 28.8. The van der Waals surface area contributed by atoms with E-state index in [4.69, 9.17) is 21.1 Å². The minimum absolute atomic E-state index is 0.0144. The molecule has 0 aromatic heterocycles. The molecule has 2 bridgehead atoms. The van der Waals surface area contributed by atoms with Crippen LogP contribution in [0.1, 0.15) is 30.1 Å². The summed E-state index contributed by atoms with van der Waals surface area (Å²) in [5.74, 6) is -0.178. The van der Waals surface area contributed by atoms with E-state index < -0.39 is 6.10 Å². The molecule has 160 valence electrons. The number of esters is 1. The number of Topliss-reactive ketones (excluding diaryl/α,β-unsaturated/α-hetero) is 1. The summed E-state index contributed by atoms with van der Waals surface area (Å²) in [6.45, 7) is 1.69. The molecule has 6 nitrogen and oxygen atoms in total. The van der Waals surface area contributed by atoms with Crippen LogP contribution in [0.3, 0.4) is 0 Å². The highest BCUT2D eigenvalue weighted by Gasteiger charge is 2.63. The van der Waals surface area contributed by atoms with Crippen molar-refractivity contribution < 1.29 is 23.9 Å². The maximum atomic E-state index is 12.9. The number of anilines is 1. The quantitative estimate of drug-likeness (QED) is 0.540. The van der Waals surface area contributed by atoms with Crippen molar-refractivity contribution in [3.05, 3.63) is 59.1 Å². The number of amides is 1. The lowest BCUT2D eigenvalue weighted by molar-refractivity contribution is -0.145. The van der Waals surface area contributed by atoms with Crippen LogP contribution in [0.2, 0.25) is 5.02 Å². The van der Waals surface area contributed by atoms with Gasteiger partial charge in [0.15, 0.2) is 6.10 Å². The summed E-state index contributed by atoms with van der Waals surface area (Å²) in [6, 6.07) is 13.6. The van der Waals surface area contributed by atoms with Gasteiger partial charge in [-0.05, 0) is 74.2 Å². The molecule has 5 rings (SSSR count). The molecule has 2 aliphatic carbocycles. The largest absolute Gasteiger partial charge is 0.483 e. The fourth-order valence-electron chi connectivity index (χ4n) is 5.31. The number of nitrogens with one attached hydrogen (secondary N) is 1. The fourth-order valence-corrected chi connectivity index (χ4v) is 5.44. The van der Waals surface area contributed by atoms with Gasteiger partial charge in [-0.3, -0.25) is 14.4 Å². The second-order valence-corrected chi connectivity index (χ2v) is 9.00. The van der Waals surface area contributed by atoms with E-state index in [0.717, 1.165) is 12.8 Å². The van der Waals surface area contributed by atoms with E-state index in [1.165, 1.54) is 0 Å². The number of fused-ring (bicyclic) bond motifs is 1. The third kappa shape index (κ3) is 3.59. The van der Waals surface area contributed by atoms with E-state index in [-0.39, 0.29) is 47.4 Å². The molecule has 3 fully saturated rings. The summed E-state index contributed by atoms with van der Waals surface area (Å²) in [5.41, 5.74) is 1.15. The summed E-state index contributed by atoms with van der Waals surface area (Å²) < 4.78 is 11.2. The molecular weight excluding hydrogens is 418 g/mol. The summed E-state index contributed by atoms with van der Waals surface area (Å²) >= 11 is 5.87. The van der Waals surface area contributed by atoms with Crippen LogP contribution in [-0.2, 0) is 14.3 Å². The van der Waals surface area contributed by atoms with Crippen LogP contribution in [0.15, 0.2) is 48.5 Å². The maximum Gasteiger partial charge on any atom is 0.310 e. The zero-order chi connectivity index (χ0) is 21.7. The molecule has 31 heavy (non-hydrogen) atoms. The van der Waals surface area contributed by atoms with Gasteiger partial charge < -0.3 is 14.8 Å². The van der Waals surface area contributed by atoms with Crippen LogP contribution < -0.4 is 10.1 Å². The van der Waals surface area contributed by atoms with E-state index in [1.807, 2.05) is 0 Å². The van der Waals surface area contributed by atoms with Crippen molar-refractivity contribution in [3.63, 3.8) is 0 Å². The number of ether oxygens (including phenoxy) is 2. The van der Waals surface area contributed by atoms with Crippen molar-refractivity contribution in [1.82, 2.24) is 0 Å². The van der Waals surface area contributed by atoms with Gasteiger partial charge in [-0.1, -0.05) is 11.6 Å². The Morgan fingerprint density at radius 1 is 1.10 bits per heavy atom. The molecule has 1 saturated heterocycles. The van der Waals surface area contributed by atoms with Gasteiger partial charge in [0.2, 0.25) is 11.7 Å². The second-order valence-electron chi connectivity index (χ2n) is 8.57. The van der Waals surface area contributed by atoms with Crippen molar-refractivity contribution in [1.29, 1.82) is 0 Å². The highest BCUT2D eigenvalue weighted by molar-refractivity contribution is 6.30. The molecule has 2 aromatic carbocycles. The maximum absolute atomic E-state index is 12.9. The minimum Gasteiger partial charge on any atom is -0.483 e. The first kappa shape index (κ1) is 20.1. The summed E-state index contributed by atoms with van der Waals surface area (Å²) in [6.07, 6.45) is 1.03. The van der Waals surface area contributed by atoms with Crippen molar-refractivity contribution in [2.45, 2.75) is 32.0 Å². The molecule has 1 amide bonds. The Morgan fingerprint density at radius 2 is 1.81 bits per heavy atom. The van der Waals surface area contributed by atoms with E-state index in [0.29, 0.717) is 22.0 Å². The summed E-state index contributed by atoms with van der Waals surface area (Å²) in [7, 11) is 0. The molecule has 2 saturated carbocycles. The zero-order valence-electron chi connectivity index (χ0n) is 16.9. The molecular formula is C24H22ClNO5. The standard InChI is InChI=1S/C24H22ClNO5/c1-12(22(27)13-2-4-15(25)5-3-13)30-17-8-6-16(7-9-17)26-23(28)20-14-10-18-19(11-14)31-24(29)21(18)20/h2-9,12,14,18-21H,10-11H2,1H3,(H,26,28)/t12-,14-,18+,19-,20+,21+/m1/s1. The number of ketones is 1. The lowest BCUT2D eigenvalue weighted by Crippen LogP contribution is -2.35. The fraction of sp³-hybridized carbons (Fsp3) is 0.375.